The maximum atomic E-state index is 12.8. The molecule has 0 saturated heterocycles. The summed E-state index contributed by atoms with van der Waals surface area (Å²) in [7, 11) is 0. The molecule has 2 aromatic carbocycles. The van der Waals surface area contributed by atoms with Gasteiger partial charge in [-0.25, -0.2) is 9.98 Å². The largest absolute Gasteiger partial charge is 0.504 e. The van der Waals surface area contributed by atoms with Crippen molar-refractivity contribution in [2.24, 2.45) is 4.99 Å². The van der Waals surface area contributed by atoms with E-state index in [2.05, 4.69) is 22.5 Å². The monoisotopic (exact) mass is 419 g/mol. The molecule has 1 aliphatic rings. The van der Waals surface area contributed by atoms with Gasteiger partial charge in [-0.05, 0) is 63.1 Å². The lowest BCUT2D eigenvalue weighted by Gasteiger charge is -2.27. The lowest BCUT2D eigenvalue weighted by atomic mass is 10.1. The van der Waals surface area contributed by atoms with Crippen LogP contribution in [0, 0.1) is 20.8 Å². The summed E-state index contributed by atoms with van der Waals surface area (Å²) < 4.78 is 7.01. The number of phenols is 1. The Balaban J connectivity index is 1.80. The van der Waals surface area contributed by atoms with E-state index in [0.717, 1.165) is 11.3 Å². The van der Waals surface area contributed by atoms with Gasteiger partial charge in [-0.2, -0.15) is 0 Å². The first-order chi connectivity index (χ1) is 14.9. The molecule has 0 bridgehead atoms. The van der Waals surface area contributed by atoms with E-state index in [1.165, 1.54) is 16.2 Å². The van der Waals surface area contributed by atoms with Gasteiger partial charge in [-0.1, -0.05) is 12.1 Å². The quantitative estimate of drug-likeness (QED) is 0.596. The van der Waals surface area contributed by atoms with Crippen molar-refractivity contribution in [2.45, 2.75) is 33.9 Å². The number of guanidine groups is 1. The fourth-order valence-electron chi connectivity index (χ4n) is 3.45. The van der Waals surface area contributed by atoms with Gasteiger partial charge in [0, 0.05) is 23.0 Å². The Morgan fingerprint density at radius 3 is 2.68 bits per heavy atom. The number of nitrogens with one attached hydrogen (secondary N) is 2. The smallest absolute Gasteiger partial charge is 0.257 e. The number of aryl methyl sites for hydroxylation is 3. The van der Waals surface area contributed by atoms with Crippen molar-refractivity contribution in [1.82, 2.24) is 9.55 Å². The van der Waals surface area contributed by atoms with Crippen LogP contribution in [0.5, 0.6) is 11.5 Å². The molecule has 0 radical (unpaired) electrons. The van der Waals surface area contributed by atoms with Gasteiger partial charge in [0.15, 0.2) is 17.7 Å². The number of anilines is 2. The van der Waals surface area contributed by atoms with Crippen LogP contribution in [0.4, 0.5) is 11.6 Å². The molecular formula is C23H25N5O3. The van der Waals surface area contributed by atoms with Crippen LogP contribution in [-0.4, -0.2) is 27.2 Å². The predicted octanol–water partition coefficient (Wildman–Crippen LogP) is 3.71. The van der Waals surface area contributed by atoms with Crippen LogP contribution in [-0.2, 0) is 0 Å². The highest BCUT2D eigenvalue weighted by Gasteiger charge is 2.26. The van der Waals surface area contributed by atoms with Gasteiger partial charge < -0.3 is 15.2 Å². The molecule has 1 atom stereocenters. The molecular weight excluding hydrogens is 394 g/mol. The maximum absolute atomic E-state index is 12.8. The average molecular weight is 419 g/mol. The summed E-state index contributed by atoms with van der Waals surface area (Å²) in [6, 6.07) is 12.5. The van der Waals surface area contributed by atoms with Gasteiger partial charge in [0.05, 0.1) is 6.61 Å². The molecule has 4 rings (SSSR count). The lowest BCUT2D eigenvalue weighted by molar-refractivity contribution is 0.317. The number of phenolic OH excluding ortho intramolecular Hbond substituents is 1. The van der Waals surface area contributed by atoms with Gasteiger partial charge in [0.2, 0.25) is 11.9 Å². The molecule has 0 unspecified atom stereocenters. The molecule has 160 valence electrons. The molecule has 0 aliphatic carbocycles. The number of ether oxygens (including phenoxy) is 1. The Morgan fingerprint density at radius 1 is 1.13 bits per heavy atom. The molecule has 1 aliphatic heterocycles. The van der Waals surface area contributed by atoms with E-state index >= 15 is 0 Å². The van der Waals surface area contributed by atoms with Crippen molar-refractivity contribution in [3.63, 3.8) is 0 Å². The van der Waals surface area contributed by atoms with E-state index < -0.39 is 6.17 Å². The number of aliphatic imine (C=N–C) groups is 1. The number of nitrogens with zero attached hydrogens (tertiary/aromatic N) is 3. The third-order valence-corrected chi connectivity index (χ3v) is 5.16. The summed E-state index contributed by atoms with van der Waals surface area (Å²) in [5, 5.41) is 16.5. The second-order valence-corrected chi connectivity index (χ2v) is 7.49. The summed E-state index contributed by atoms with van der Waals surface area (Å²) in [6.07, 6.45) is -0.675. The summed E-state index contributed by atoms with van der Waals surface area (Å²) >= 11 is 0. The van der Waals surface area contributed by atoms with Gasteiger partial charge in [0.1, 0.15) is 0 Å². The zero-order chi connectivity index (χ0) is 22.1. The van der Waals surface area contributed by atoms with Gasteiger partial charge in [-0.15, -0.1) is 0 Å². The van der Waals surface area contributed by atoms with E-state index in [1.807, 2.05) is 32.0 Å². The van der Waals surface area contributed by atoms with E-state index in [9.17, 15) is 9.90 Å². The van der Waals surface area contributed by atoms with Crippen molar-refractivity contribution < 1.29 is 9.84 Å². The minimum absolute atomic E-state index is 0.0339. The first kappa shape index (κ1) is 20.5. The third kappa shape index (κ3) is 4.09. The van der Waals surface area contributed by atoms with Crippen molar-refractivity contribution in [3.05, 3.63) is 75.2 Å². The standard InChI is InChI=1S/C23H25N5O3/c1-5-31-19-12-16(7-9-18(19)29)21-26-22(25-17-8-6-13(2)14(3)10-17)27-23-24-15(4)11-20(30)28(21)23/h6-12,21,29H,5H2,1-4H3,(H2,24,25,26,27)/t21-/m0/s1. The summed E-state index contributed by atoms with van der Waals surface area (Å²) in [4.78, 5) is 22.0. The fraction of sp³-hybridized carbons (Fsp3) is 0.261. The molecule has 3 N–H and O–H groups in total. The van der Waals surface area contributed by atoms with Crippen LogP contribution >= 0.6 is 0 Å². The molecule has 1 aromatic heterocycles. The lowest BCUT2D eigenvalue weighted by Crippen LogP contribution is -2.37. The summed E-state index contributed by atoms with van der Waals surface area (Å²) in [6.45, 7) is 8.12. The van der Waals surface area contributed by atoms with Crippen LogP contribution in [0.2, 0.25) is 0 Å². The van der Waals surface area contributed by atoms with Crippen LogP contribution in [0.3, 0.4) is 0 Å². The number of aromatic nitrogens is 2. The molecule has 8 heteroatoms. The van der Waals surface area contributed by atoms with E-state index in [0.29, 0.717) is 35.5 Å². The van der Waals surface area contributed by atoms with Crippen LogP contribution in [0.25, 0.3) is 0 Å². The zero-order valence-electron chi connectivity index (χ0n) is 17.9. The van der Waals surface area contributed by atoms with Crippen LogP contribution in [0.15, 0.2) is 52.3 Å². The van der Waals surface area contributed by atoms with Crippen molar-refractivity contribution >= 4 is 17.6 Å². The van der Waals surface area contributed by atoms with E-state index in [1.54, 1.807) is 25.1 Å². The summed E-state index contributed by atoms with van der Waals surface area (Å²) in [5.41, 5.74) is 4.30. The molecule has 0 spiro atoms. The highest BCUT2D eigenvalue weighted by molar-refractivity contribution is 6.03. The van der Waals surface area contributed by atoms with Gasteiger partial charge in [-0.3, -0.25) is 14.7 Å². The minimum atomic E-state index is -0.675. The molecule has 0 saturated carbocycles. The SMILES string of the molecule is CCOc1cc([C@H]2N=C(Nc3ccc(C)c(C)c3)Nc3nc(C)cc(=O)n32)ccc1O. The number of benzene rings is 2. The second-order valence-electron chi connectivity index (χ2n) is 7.49. The second kappa shape index (κ2) is 8.14. The van der Waals surface area contributed by atoms with Crippen molar-refractivity contribution in [3.8, 4) is 11.5 Å². The maximum Gasteiger partial charge on any atom is 0.257 e. The fourth-order valence-corrected chi connectivity index (χ4v) is 3.45. The normalized spacial score (nSPS) is 15.0. The molecule has 0 amide bonds. The molecule has 0 fully saturated rings. The third-order valence-electron chi connectivity index (χ3n) is 5.16. The molecule has 8 nitrogen and oxygen atoms in total. The van der Waals surface area contributed by atoms with E-state index in [4.69, 9.17) is 9.73 Å². The van der Waals surface area contributed by atoms with Crippen LogP contribution < -0.4 is 20.9 Å². The first-order valence-corrected chi connectivity index (χ1v) is 10.1. The molecule has 31 heavy (non-hydrogen) atoms. The van der Waals surface area contributed by atoms with Crippen LogP contribution in [0.1, 0.15) is 35.5 Å². The Morgan fingerprint density at radius 2 is 1.94 bits per heavy atom. The molecule has 2 heterocycles. The average Bonchev–Trinajstić information content (AvgIpc) is 2.71. The minimum Gasteiger partial charge on any atom is -0.504 e. The molecule has 3 aromatic rings. The predicted molar refractivity (Wildman–Crippen MR) is 121 cm³/mol. The Labute approximate surface area is 180 Å². The highest BCUT2D eigenvalue weighted by Crippen LogP contribution is 2.33. The Hall–Kier alpha value is -3.81. The number of aromatic hydroxyl groups is 1. The number of rotatable bonds is 4. The summed E-state index contributed by atoms with van der Waals surface area (Å²) in [5.74, 6) is 1.23. The zero-order valence-corrected chi connectivity index (χ0v) is 17.9. The Bertz CT molecular complexity index is 1230. The van der Waals surface area contributed by atoms with Gasteiger partial charge >= 0.3 is 0 Å². The number of fused-ring (bicyclic) bond motifs is 1. The van der Waals surface area contributed by atoms with Crippen molar-refractivity contribution in [1.29, 1.82) is 0 Å². The number of hydrogen-bond acceptors (Lipinski definition) is 7. The van der Waals surface area contributed by atoms with E-state index in [-0.39, 0.29) is 11.3 Å². The van der Waals surface area contributed by atoms with Gasteiger partial charge in [0.25, 0.3) is 5.56 Å². The highest BCUT2D eigenvalue weighted by atomic mass is 16.5. The van der Waals surface area contributed by atoms with Crippen molar-refractivity contribution in [2.75, 3.05) is 17.2 Å². The first-order valence-electron chi connectivity index (χ1n) is 10.1. The Kier molecular flexibility index (Phi) is 5.37. The number of hydrogen-bond donors (Lipinski definition) is 3. The topological polar surface area (TPSA) is 101 Å².